The second-order valence-electron chi connectivity index (χ2n) is 12.0. The molecule has 0 radical (unpaired) electrons. The zero-order valence-corrected chi connectivity index (χ0v) is 22.3. The van der Waals surface area contributed by atoms with Crippen molar-refractivity contribution in [2.75, 3.05) is 0 Å². The molecule has 3 aliphatic carbocycles. The lowest BCUT2D eigenvalue weighted by Crippen LogP contribution is -2.34. The van der Waals surface area contributed by atoms with E-state index in [4.69, 9.17) is 0 Å². The molecule has 0 aromatic rings. The van der Waals surface area contributed by atoms with Crippen molar-refractivity contribution < 1.29 is 0 Å². The molecule has 0 aromatic carbocycles. The minimum Gasteiger partial charge on any atom is -0.125 e. The third-order valence-electron chi connectivity index (χ3n) is 7.60. The first-order chi connectivity index (χ1) is 13.6. The van der Waals surface area contributed by atoms with E-state index in [0.29, 0.717) is 16.0 Å². The molecule has 3 rings (SSSR count). The summed E-state index contributed by atoms with van der Waals surface area (Å²) in [6.07, 6.45) is 18.9. The fraction of sp³-hybridized carbons (Fsp3) is 0.889. The molecule has 0 aromatic heterocycles. The lowest BCUT2D eigenvalue weighted by molar-refractivity contribution is 0.481. The van der Waals surface area contributed by atoms with Gasteiger partial charge in [0.05, 0.1) is 0 Å². The topological polar surface area (TPSA) is 0 Å². The van der Waals surface area contributed by atoms with E-state index in [1.807, 2.05) is 0 Å². The lowest BCUT2D eigenvalue weighted by atomic mass is 9.99. The molecule has 0 heterocycles. The van der Waals surface area contributed by atoms with Crippen molar-refractivity contribution in [1.29, 1.82) is 0 Å². The quantitative estimate of drug-likeness (QED) is 0.298. The van der Waals surface area contributed by atoms with Crippen molar-refractivity contribution in [3.05, 3.63) is 17.4 Å². The standard InChI is InChI=1S/C27H48P2/c1-21(29(26(2,3)4)27(5,6)7)24-19-14-20-25(24)28(22-15-10-8-11-16-22)23-17-12-9-13-18-23/h14,21-23,25H,8-13,15-18,20H2,1-7H3/t21-,25?/m1/s1. The Kier molecular flexibility index (Phi) is 8.20. The van der Waals surface area contributed by atoms with Crippen LogP contribution < -0.4 is 0 Å². The van der Waals surface area contributed by atoms with Crippen molar-refractivity contribution in [2.45, 2.75) is 152 Å². The number of hydrogen-bond acceptors (Lipinski definition) is 0. The van der Waals surface area contributed by atoms with Crippen LogP contribution in [0.15, 0.2) is 17.4 Å². The highest BCUT2D eigenvalue weighted by molar-refractivity contribution is 7.62. The Bertz CT molecular complexity index is 555. The summed E-state index contributed by atoms with van der Waals surface area (Å²) >= 11 is 0. The zero-order valence-electron chi connectivity index (χ0n) is 20.6. The van der Waals surface area contributed by atoms with Crippen LogP contribution >= 0.6 is 15.8 Å². The summed E-state index contributed by atoms with van der Waals surface area (Å²) in [5.41, 5.74) is 9.36. The van der Waals surface area contributed by atoms with Crippen LogP contribution in [-0.4, -0.2) is 32.9 Å². The summed E-state index contributed by atoms with van der Waals surface area (Å²) in [5, 5.41) is 0.792. The van der Waals surface area contributed by atoms with E-state index in [0.717, 1.165) is 17.0 Å². The molecule has 29 heavy (non-hydrogen) atoms. The highest BCUT2D eigenvalue weighted by atomic mass is 31.1. The molecule has 0 N–H and O–H groups in total. The smallest absolute Gasteiger partial charge is 0.0128 e. The molecule has 2 fully saturated rings. The first-order valence-corrected chi connectivity index (χ1v) is 15.6. The van der Waals surface area contributed by atoms with Gasteiger partial charge in [-0.1, -0.05) is 103 Å². The van der Waals surface area contributed by atoms with Crippen LogP contribution in [0.2, 0.25) is 0 Å². The molecular weight excluding hydrogens is 386 g/mol. The fourth-order valence-corrected chi connectivity index (χ4v) is 16.6. The van der Waals surface area contributed by atoms with Crippen molar-refractivity contribution in [1.82, 2.24) is 0 Å². The van der Waals surface area contributed by atoms with Gasteiger partial charge in [0.2, 0.25) is 0 Å². The Morgan fingerprint density at radius 1 is 0.793 bits per heavy atom. The molecule has 2 atom stereocenters. The van der Waals surface area contributed by atoms with Gasteiger partial charge in [-0.05, 0) is 65.4 Å². The van der Waals surface area contributed by atoms with Crippen LogP contribution in [0.4, 0.5) is 0 Å². The van der Waals surface area contributed by atoms with Gasteiger partial charge < -0.3 is 0 Å². The monoisotopic (exact) mass is 434 g/mol. The molecular formula is C27H48P2. The Labute approximate surface area is 185 Å². The van der Waals surface area contributed by atoms with Gasteiger partial charge in [0.1, 0.15) is 0 Å². The molecule has 0 nitrogen and oxygen atoms in total. The fourth-order valence-electron chi connectivity index (χ4n) is 7.07. The van der Waals surface area contributed by atoms with Gasteiger partial charge in [0.15, 0.2) is 0 Å². The molecule has 0 bridgehead atoms. The molecule has 0 amide bonds. The van der Waals surface area contributed by atoms with E-state index in [9.17, 15) is 0 Å². The molecule has 3 aliphatic rings. The molecule has 2 heteroatoms. The molecule has 1 unspecified atom stereocenters. The molecule has 166 valence electrons. The predicted octanol–water partition coefficient (Wildman–Crippen LogP) is 9.45. The first kappa shape index (κ1) is 24.0. The summed E-state index contributed by atoms with van der Waals surface area (Å²) in [7, 11) is 0.00280. The van der Waals surface area contributed by atoms with Crippen LogP contribution in [0.5, 0.6) is 0 Å². The molecule has 2 saturated carbocycles. The van der Waals surface area contributed by atoms with Crippen molar-refractivity contribution >= 4 is 15.8 Å². The Balaban J connectivity index is 1.89. The van der Waals surface area contributed by atoms with Crippen LogP contribution in [-0.2, 0) is 0 Å². The van der Waals surface area contributed by atoms with Crippen LogP contribution in [0.25, 0.3) is 0 Å². The van der Waals surface area contributed by atoms with Gasteiger partial charge in [-0.3, -0.25) is 0 Å². The zero-order chi connectivity index (χ0) is 21.2. The summed E-state index contributed by atoms with van der Waals surface area (Å²) in [5.74, 6) is 0. The summed E-state index contributed by atoms with van der Waals surface area (Å²) < 4.78 is 0. The third kappa shape index (κ3) is 5.79. The van der Waals surface area contributed by atoms with Crippen LogP contribution in [0, 0.1) is 0 Å². The van der Waals surface area contributed by atoms with Gasteiger partial charge in [0, 0.05) is 11.3 Å². The second kappa shape index (κ2) is 9.89. The summed E-state index contributed by atoms with van der Waals surface area (Å²) in [4.78, 5) is 0. The maximum atomic E-state index is 3.91. The normalized spacial score (nSPS) is 26.4. The van der Waals surface area contributed by atoms with Gasteiger partial charge >= 0.3 is 0 Å². The van der Waals surface area contributed by atoms with Crippen molar-refractivity contribution in [3.8, 4) is 0 Å². The SMILES string of the molecule is C[C@H](C1=C=CCC1P(C1CCCCC1)C1CCCCC1)P(C(C)(C)C)C(C)(C)C. The van der Waals surface area contributed by atoms with E-state index in [-0.39, 0.29) is 15.8 Å². The third-order valence-corrected chi connectivity index (χ3v) is 15.5. The van der Waals surface area contributed by atoms with Crippen molar-refractivity contribution in [2.24, 2.45) is 0 Å². The first-order valence-electron chi connectivity index (χ1n) is 12.6. The maximum absolute atomic E-state index is 3.91. The van der Waals surface area contributed by atoms with E-state index in [1.54, 1.807) is 5.57 Å². The molecule has 0 saturated heterocycles. The van der Waals surface area contributed by atoms with Gasteiger partial charge in [-0.15, -0.1) is 5.73 Å². The Morgan fingerprint density at radius 3 is 1.66 bits per heavy atom. The Morgan fingerprint density at radius 2 is 1.24 bits per heavy atom. The number of rotatable bonds is 5. The highest BCUT2D eigenvalue weighted by Crippen LogP contribution is 2.68. The summed E-state index contributed by atoms with van der Waals surface area (Å²) in [6, 6.07) is 0. The predicted molar refractivity (Wildman–Crippen MR) is 137 cm³/mol. The van der Waals surface area contributed by atoms with Crippen LogP contribution in [0.1, 0.15) is 119 Å². The van der Waals surface area contributed by atoms with Gasteiger partial charge in [0.25, 0.3) is 0 Å². The average molecular weight is 435 g/mol. The largest absolute Gasteiger partial charge is 0.125 e. The second-order valence-corrected chi connectivity index (χ2v) is 19.2. The van der Waals surface area contributed by atoms with Crippen LogP contribution in [0.3, 0.4) is 0 Å². The highest BCUT2D eigenvalue weighted by Gasteiger charge is 2.44. The number of allylic oxidation sites excluding steroid dienone is 1. The van der Waals surface area contributed by atoms with Gasteiger partial charge in [-0.2, -0.15) is 0 Å². The minimum absolute atomic E-state index is 0.110. The lowest BCUT2D eigenvalue weighted by Gasteiger charge is -2.48. The Hall–Kier alpha value is 0.380. The number of hydrogen-bond donors (Lipinski definition) is 0. The van der Waals surface area contributed by atoms with Crippen molar-refractivity contribution in [3.63, 3.8) is 0 Å². The average Bonchev–Trinajstić information content (AvgIpc) is 3.11. The molecule has 0 spiro atoms. The van der Waals surface area contributed by atoms with Gasteiger partial charge in [-0.25, -0.2) is 0 Å². The minimum atomic E-state index is -0.110. The van der Waals surface area contributed by atoms with E-state index < -0.39 is 0 Å². The maximum Gasteiger partial charge on any atom is 0.0128 e. The molecule has 0 aliphatic heterocycles. The summed E-state index contributed by atoms with van der Waals surface area (Å²) in [6.45, 7) is 17.6. The van der Waals surface area contributed by atoms with E-state index in [2.05, 4.69) is 60.3 Å². The van der Waals surface area contributed by atoms with E-state index in [1.165, 1.54) is 70.6 Å². The van der Waals surface area contributed by atoms with E-state index >= 15 is 0 Å².